The van der Waals surface area contributed by atoms with Gasteiger partial charge in [-0.15, -0.1) is 0 Å². The highest BCUT2D eigenvalue weighted by atomic mass is 35.5. The van der Waals surface area contributed by atoms with Crippen LogP contribution in [0.5, 0.6) is 5.75 Å². The van der Waals surface area contributed by atoms with E-state index in [9.17, 15) is 14.7 Å². The predicted octanol–water partition coefficient (Wildman–Crippen LogP) is 4.12. The maximum atomic E-state index is 12.2. The fraction of sp³-hybridized carbons (Fsp3) is 0.222. The van der Waals surface area contributed by atoms with Crippen LogP contribution in [0.4, 0.5) is 0 Å². The minimum Gasteiger partial charge on any atom is -0.508 e. The monoisotopic (exact) mass is 381 g/mol. The number of benzene rings is 2. The largest absolute Gasteiger partial charge is 0.508 e. The van der Waals surface area contributed by atoms with Crippen LogP contribution in [0.3, 0.4) is 0 Å². The van der Waals surface area contributed by atoms with E-state index < -0.39 is 18.0 Å². The fourth-order valence-electron chi connectivity index (χ4n) is 2.18. The Hall–Kier alpha value is -2.24. The van der Waals surface area contributed by atoms with Gasteiger partial charge in [0.2, 0.25) is 0 Å². The van der Waals surface area contributed by atoms with Crippen LogP contribution in [0.25, 0.3) is 0 Å². The molecule has 2 rings (SSSR count). The molecule has 0 aliphatic carbocycles. The van der Waals surface area contributed by atoms with Crippen molar-refractivity contribution in [3.05, 3.63) is 63.6 Å². The summed E-state index contributed by atoms with van der Waals surface area (Å²) in [6, 6.07) is 10.3. The summed E-state index contributed by atoms with van der Waals surface area (Å²) in [6.07, 6.45) is -1.01. The summed E-state index contributed by atoms with van der Waals surface area (Å²) in [6.45, 7) is 3.23. The zero-order valence-corrected chi connectivity index (χ0v) is 15.1. The van der Waals surface area contributed by atoms with Crippen molar-refractivity contribution < 1.29 is 19.4 Å². The van der Waals surface area contributed by atoms with E-state index in [2.05, 4.69) is 5.32 Å². The van der Waals surface area contributed by atoms with Gasteiger partial charge in [-0.25, -0.2) is 4.79 Å². The maximum absolute atomic E-state index is 12.2. The van der Waals surface area contributed by atoms with Gasteiger partial charge in [-0.3, -0.25) is 4.79 Å². The molecule has 0 bridgehead atoms. The Morgan fingerprint density at radius 2 is 1.84 bits per heavy atom. The lowest BCUT2D eigenvalue weighted by Crippen LogP contribution is -2.37. The summed E-state index contributed by atoms with van der Waals surface area (Å²) in [4.78, 5) is 24.2. The smallest absolute Gasteiger partial charge is 0.339 e. The van der Waals surface area contributed by atoms with Crippen molar-refractivity contribution in [2.75, 3.05) is 0 Å². The SMILES string of the molecule is C[C@H](NC(=O)[C@@H](C)OC(=O)c1cccc(O)c1)c1ccc(Cl)cc1Cl. The van der Waals surface area contributed by atoms with E-state index in [1.165, 1.54) is 31.2 Å². The van der Waals surface area contributed by atoms with Crippen LogP contribution in [0.2, 0.25) is 10.0 Å². The van der Waals surface area contributed by atoms with Gasteiger partial charge in [0.1, 0.15) is 5.75 Å². The lowest BCUT2D eigenvalue weighted by Gasteiger charge is -2.19. The van der Waals surface area contributed by atoms with E-state index in [0.717, 1.165) is 0 Å². The molecule has 7 heteroatoms. The Morgan fingerprint density at radius 1 is 1.12 bits per heavy atom. The van der Waals surface area contributed by atoms with Crippen LogP contribution < -0.4 is 5.32 Å². The molecular weight excluding hydrogens is 365 g/mol. The molecule has 132 valence electrons. The number of carbonyl (C=O) groups excluding carboxylic acids is 2. The van der Waals surface area contributed by atoms with Crippen molar-refractivity contribution >= 4 is 35.1 Å². The average molecular weight is 382 g/mol. The van der Waals surface area contributed by atoms with Gasteiger partial charge in [0.15, 0.2) is 6.10 Å². The molecule has 0 aromatic heterocycles. The number of phenols is 1. The van der Waals surface area contributed by atoms with Crippen LogP contribution in [0, 0.1) is 0 Å². The average Bonchev–Trinajstić information content (AvgIpc) is 2.54. The molecule has 25 heavy (non-hydrogen) atoms. The minimum absolute atomic E-state index is 0.0578. The molecule has 0 spiro atoms. The normalized spacial score (nSPS) is 13.0. The number of aromatic hydroxyl groups is 1. The number of rotatable bonds is 5. The van der Waals surface area contributed by atoms with Gasteiger partial charge in [-0.1, -0.05) is 35.3 Å². The topological polar surface area (TPSA) is 75.6 Å². The highest BCUT2D eigenvalue weighted by molar-refractivity contribution is 6.35. The molecule has 5 nitrogen and oxygen atoms in total. The first-order chi connectivity index (χ1) is 11.8. The van der Waals surface area contributed by atoms with Crippen LogP contribution in [0.1, 0.15) is 35.8 Å². The number of phenolic OH excluding ortho intramolecular Hbond substituents is 1. The van der Waals surface area contributed by atoms with Gasteiger partial charge in [0.25, 0.3) is 5.91 Å². The van der Waals surface area contributed by atoms with Crippen molar-refractivity contribution in [1.29, 1.82) is 0 Å². The van der Waals surface area contributed by atoms with Gasteiger partial charge in [-0.2, -0.15) is 0 Å². The highest BCUT2D eigenvalue weighted by Gasteiger charge is 2.22. The molecule has 0 aliphatic heterocycles. The number of amides is 1. The Bertz CT molecular complexity index is 794. The molecule has 0 radical (unpaired) electrons. The first-order valence-electron chi connectivity index (χ1n) is 7.53. The molecule has 0 fully saturated rings. The molecule has 0 heterocycles. The summed E-state index contributed by atoms with van der Waals surface area (Å²) in [5.74, 6) is -1.22. The summed E-state index contributed by atoms with van der Waals surface area (Å²) < 4.78 is 5.12. The Morgan fingerprint density at radius 3 is 2.48 bits per heavy atom. The Labute approximate surface area is 155 Å². The van der Waals surface area contributed by atoms with Gasteiger partial charge in [0.05, 0.1) is 11.6 Å². The van der Waals surface area contributed by atoms with Crippen molar-refractivity contribution in [2.45, 2.75) is 26.0 Å². The van der Waals surface area contributed by atoms with Crippen molar-refractivity contribution in [3.63, 3.8) is 0 Å². The van der Waals surface area contributed by atoms with Gasteiger partial charge < -0.3 is 15.2 Å². The zero-order valence-electron chi connectivity index (χ0n) is 13.6. The summed E-state index contributed by atoms with van der Waals surface area (Å²) in [5.41, 5.74) is 0.861. The number of nitrogens with one attached hydrogen (secondary N) is 1. The first-order valence-corrected chi connectivity index (χ1v) is 8.29. The van der Waals surface area contributed by atoms with E-state index in [1.54, 1.807) is 25.1 Å². The molecule has 2 aromatic rings. The third-order valence-electron chi connectivity index (χ3n) is 3.52. The quantitative estimate of drug-likeness (QED) is 0.763. The predicted molar refractivity (Wildman–Crippen MR) is 96.0 cm³/mol. The number of esters is 1. The molecule has 2 aromatic carbocycles. The van der Waals surface area contributed by atoms with Gasteiger partial charge in [-0.05, 0) is 49.7 Å². The zero-order chi connectivity index (χ0) is 18.6. The number of carbonyl (C=O) groups is 2. The molecular formula is C18H17Cl2NO4. The molecule has 2 atom stereocenters. The number of halogens is 2. The molecule has 0 saturated heterocycles. The minimum atomic E-state index is -1.01. The van der Waals surface area contributed by atoms with E-state index in [-0.39, 0.29) is 17.4 Å². The van der Waals surface area contributed by atoms with Crippen molar-refractivity contribution in [3.8, 4) is 5.75 Å². The van der Waals surface area contributed by atoms with E-state index >= 15 is 0 Å². The standard InChI is InChI=1S/C18H17Cl2NO4/c1-10(15-7-6-13(19)9-16(15)20)21-17(23)11(2)25-18(24)12-4-3-5-14(22)8-12/h3-11,22H,1-2H3,(H,21,23)/t10-,11+/m0/s1. The van der Waals surface area contributed by atoms with Crippen LogP contribution in [0.15, 0.2) is 42.5 Å². The third-order valence-corrected chi connectivity index (χ3v) is 4.09. The second-order valence-electron chi connectivity index (χ2n) is 5.49. The van der Waals surface area contributed by atoms with E-state index in [4.69, 9.17) is 27.9 Å². The number of hydrogen-bond acceptors (Lipinski definition) is 4. The van der Waals surface area contributed by atoms with Crippen LogP contribution in [-0.2, 0) is 9.53 Å². The number of hydrogen-bond donors (Lipinski definition) is 2. The van der Waals surface area contributed by atoms with Gasteiger partial charge >= 0.3 is 5.97 Å². The second-order valence-corrected chi connectivity index (χ2v) is 6.34. The maximum Gasteiger partial charge on any atom is 0.339 e. The third kappa shape index (κ3) is 5.11. The molecule has 0 aliphatic rings. The van der Waals surface area contributed by atoms with Gasteiger partial charge in [0, 0.05) is 10.0 Å². The van der Waals surface area contributed by atoms with Crippen molar-refractivity contribution in [1.82, 2.24) is 5.32 Å². The van der Waals surface area contributed by atoms with E-state index in [1.807, 2.05) is 0 Å². The van der Waals surface area contributed by atoms with E-state index in [0.29, 0.717) is 15.6 Å². The summed E-state index contributed by atoms with van der Waals surface area (Å²) in [5, 5.41) is 13.1. The second kappa shape index (κ2) is 8.23. The van der Waals surface area contributed by atoms with Crippen LogP contribution in [-0.4, -0.2) is 23.1 Å². The summed E-state index contributed by atoms with van der Waals surface area (Å²) >= 11 is 12.0. The lowest BCUT2D eigenvalue weighted by atomic mass is 10.1. The molecule has 1 amide bonds. The molecule has 0 unspecified atom stereocenters. The first kappa shape index (κ1) is 19.1. The molecule has 0 saturated carbocycles. The van der Waals surface area contributed by atoms with Crippen LogP contribution >= 0.6 is 23.2 Å². The highest BCUT2D eigenvalue weighted by Crippen LogP contribution is 2.26. The lowest BCUT2D eigenvalue weighted by molar-refractivity contribution is -0.129. The Kier molecular flexibility index (Phi) is 6.28. The number of ether oxygens (including phenoxy) is 1. The molecule has 2 N–H and O–H groups in total. The Balaban J connectivity index is 1.98. The van der Waals surface area contributed by atoms with Crippen molar-refractivity contribution in [2.24, 2.45) is 0 Å². The fourth-order valence-corrected chi connectivity index (χ4v) is 2.75. The summed E-state index contributed by atoms with van der Waals surface area (Å²) in [7, 11) is 0.